The van der Waals surface area contributed by atoms with Crippen LogP contribution in [0, 0.1) is 5.82 Å². The van der Waals surface area contributed by atoms with Crippen LogP contribution in [0.2, 0.25) is 5.15 Å². The Kier molecular flexibility index (Phi) is 7.97. The zero-order chi connectivity index (χ0) is 21.2. The molecule has 0 unspecified atom stereocenters. The van der Waals surface area contributed by atoms with Gasteiger partial charge in [0.2, 0.25) is 5.88 Å². The summed E-state index contributed by atoms with van der Waals surface area (Å²) in [6.45, 7) is 3.97. The van der Waals surface area contributed by atoms with Crippen molar-refractivity contribution in [2.24, 2.45) is 4.99 Å². The number of guanidine groups is 1. The molecule has 6 nitrogen and oxygen atoms in total. The molecule has 30 heavy (non-hydrogen) atoms. The molecule has 0 radical (unpaired) electrons. The molecule has 3 rings (SSSR count). The van der Waals surface area contributed by atoms with Crippen molar-refractivity contribution in [2.75, 3.05) is 13.1 Å². The molecular weight excluding hydrogens is 405 g/mol. The average Bonchev–Trinajstić information content (AvgIpc) is 2.76. The Balaban J connectivity index is 1.51. The highest BCUT2D eigenvalue weighted by molar-refractivity contribution is 6.29. The van der Waals surface area contributed by atoms with Crippen molar-refractivity contribution in [3.8, 4) is 11.6 Å². The first-order valence-corrected chi connectivity index (χ1v) is 10.0. The van der Waals surface area contributed by atoms with Crippen LogP contribution in [0.1, 0.15) is 18.1 Å². The number of rotatable bonds is 8. The van der Waals surface area contributed by atoms with Crippen LogP contribution in [-0.2, 0) is 13.0 Å². The van der Waals surface area contributed by atoms with Crippen molar-refractivity contribution in [2.45, 2.75) is 19.9 Å². The van der Waals surface area contributed by atoms with Crippen LogP contribution in [0.4, 0.5) is 4.39 Å². The molecule has 0 aliphatic heterocycles. The van der Waals surface area contributed by atoms with E-state index in [2.05, 4.69) is 25.6 Å². The molecule has 0 atom stereocenters. The van der Waals surface area contributed by atoms with Crippen molar-refractivity contribution in [1.29, 1.82) is 0 Å². The first-order chi connectivity index (χ1) is 14.6. The van der Waals surface area contributed by atoms with Gasteiger partial charge in [0.05, 0.1) is 6.54 Å². The Bertz CT molecular complexity index is 947. The molecule has 0 saturated heterocycles. The number of aromatic nitrogens is 2. The van der Waals surface area contributed by atoms with E-state index in [0.29, 0.717) is 23.3 Å². The second kappa shape index (κ2) is 11.1. The minimum Gasteiger partial charge on any atom is -0.439 e. The SMILES string of the molecule is CCNC(=NCc1ccc(Oc2ccc(F)cc2)nc1)NCCc1ccc(Cl)nc1. The average molecular weight is 428 g/mol. The normalized spacial score (nSPS) is 11.2. The molecule has 2 aromatic heterocycles. The lowest BCUT2D eigenvalue weighted by Gasteiger charge is -2.11. The molecule has 0 fully saturated rings. The summed E-state index contributed by atoms with van der Waals surface area (Å²) in [5.41, 5.74) is 2.05. The van der Waals surface area contributed by atoms with E-state index in [9.17, 15) is 4.39 Å². The predicted octanol–water partition coefficient (Wildman–Crippen LogP) is 4.36. The van der Waals surface area contributed by atoms with Crippen LogP contribution in [0.5, 0.6) is 11.6 Å². The van der Waals surface area contributed by atoms with Crippen molar-refractivity contribution in [3.63, 3.8) is 0 Å². The number of hydrogen-bond donors (Lipinski definition) is 2. The summed E-state index contributed by atoms with van der Waals surface area (Å²) >= 11 is 5.81. The molecule has 0 aliphatic rings. The molecule has 2 heterocycles. The van der Waals surface area contributed by atoms with E-state index in [1.807, 2.05) is 19.1 Å². The Morgan fingerprint density at radius 2 is 1.77 bits per heavy atom. The van der Waals surface area contributed by atoms with Gasteiger partial charge in [-0.25, -0.2) is 19.4 Å². The topological polar surface area (TPSA) is 71.4 Å². The fourth-order valence-electron chi connectivity index (χ4n) is 2.58. The van der Waals surface area contributed by atoms with Gasteiger partial charge in [-0.1, -0.05) is 23.7 Å². The third-order valence-electron chi connectivity index (χ3n) is 4.09. The zero-order valence-corrected chi connectivity index (χ0v) is 17.4. The van der Waals surface area contributed by atoms with Crippen LogP contribution in [0.3, 0.4) is 0 Å². The largest absolute Gasteiger partial charge is 0.439 e. The molecule has 8 heteroatoms. The van der Waals surface area contributed by atoms with Gasteiger partial charge >= 0.3 is 0 Å². The Labute approximate surface area is 180 Å². The van der Waals surface area contributed by atoms with E-state index in [0.717, 1.165) is 36.6 Å². The minimum atomic E-state index is -0.307. The molecule has 1 aromatic carbocycles. The fourth-order valence-corrected chi connectivity index (χ4v) is 2.69. The summed E-state index contributed by atoms with van der Waals surface area (Å²) in [7, 11) is 0. The van der Waals surface area contributed by atoms with E-state index >= 15 is 0 Å². The summed E-state index contributed by atoms with van der Waals surface area (Å²) in [5.74, 6) is 1.39. The first-order valence-electron chi connectivity index (χ1n) is 9.63. The highest BCUT2D eigenvalue weighted by Crippen LogP contribution is 2.19. The van der Waals surface area contributed by atoms with Crippen molar-refractivity contribution < 1.29 is 9.13 Å². The van der Waals surface area contributed by atoms with E-state index < -0.39 is 0 Å². The highest BCUT2D eigenvalue weighted by atomic mass is 35.5. The van der Waals surface area contributed by atoms with Crippen molar-refractivity contribution in [1.82, 2.24) is 20.6 Å². The van der Waals surface area contributed by atoms with E-state index in [-0.39, 0.29) is 5.82 Å². The molecule has 0 aliphatic carbocycles. The fraction of sp³-hybridized carbons (Fsp3) is 0.227. The minimum absolute atomic E-state index is 0.307. The maximum absolute atomic E-state index is 13.0. The second-order valence-corrected chi connectivity index (χ2v) is 6.81. The Morgan fingerprint density at radius 1 is 1.00 bits per heavy atom. The van der Waals surface area contributed by atoms with Gasteiger partial charge in [0.25, 0.3) is 0 Å². The van der Waals surface area contributed by atoms with Gasteiger partial charge in [-0.15, -0.1) is 0 Å². The van der Waals surface area contributed by atoms with Crippen LogP contribution in [-0.4, -0.2) is 29.0 Å². The van der Waals surface area contributed by atoms with Crippen molar-refractivity contribution >= 4 is 17.6 Å². The number of nitrogens with zero attached hydrogens (tertiary/aromatic N) is 3. The van der Waals surface area contributed by atoms with E-state index in [4.69, 9.17) is 16.3 Å². The number of halogens is 2. The summed E-state index contributed by atoms with van der Waals surface area (Å²) in [4.78, 5) is 13.0. The van der Waals surface area contributed by atoms with Crippen molar-refractivity contribution in [3.05, 3.63) is 83.0 Å². The van der Waals surface area contributed by atoms with Gasteiger partial charge < -0.3 is 15.4 Å². The summed E-state index contributed by atoms with van der Waals surface area (Å²) in [5, 5.41) is 7.02. The third kappa shape index (κ3) is 7.00. The molecule has 2 N–H and O–H groups in total. The lowest BCUT2D eigenvalue weighted by molar-refractivity contribution is 0.461. The maximum atomic E-state index is 13.0. The number of ether oxygens (including phenoxy) is 1. The lowest BCUT2D eigenvalue weighted by Crippen LogP contribution is -2.38. The van der Waals surface area contributed by atoms with E-state index in [1.54, 1.807) is 36.7 Å². The summed E-state index contributed by atoms with van der Waals surface area (Å²) < 4.78 is 18.6. The van der Waals surface area contributed by atoms with Gasteiger partial charge in [0, 0.05) is 31.5 Å². The van der Waals surface area contributed by atoms with Gasteiger partial charge in [-0.2, -0.15) is 0 Å². The van der Waals surface area contributed by atoms with Gasteiger partial charge in [-0.3, -0.25) is 0 Å². The molecule has 3 aromatic rings. The van der Waals surface area contributed by atoms with Crippen LogP contribution >= 0.6 is 11.6 Å². The Hall–Kier alpha value is -3.19. The maximum Gasteiger partial charge on any atom is 0.219 e. The summed E-state index contributed by atoms with van der Waals surface area (Å²) in [6.07, 6.45) is 4.30. The van der Waals surface area contributed by atoms with Gasteiger partial charge in [-0.05, 0) is 54.8 Å². The third-order valence-corrected chi connectivity index (χ3v) is 4.32. The Morgan fingerprint density at radius 3 is 2.43 bits per heavy atom. The lowest BCUT2D eigenvalue weighted by atomic mass is 10.2. The number of hydrogen-bond acceptors (Lipinski definition) is 4. The standard InChI is InChI=1S/C22H23ClFN5O/c1-2-25-22(26-12-11-16-3-9-20(23)27-13-16)29-15-17-4-10-21(28-14-17)30-19-7-5-18(24)6-8-19/h3-10,13-14H,2,11-12,15H2,1H3,(H2,25,26,29). The number of pyridine rings is 2. The monoisotopic (exact) mass is 427 g/mol. The number of nitrogens with one attached hydrogen (secondary N) is 2. The van der Waals surface area contributed by atoms with Crippen LogP contribution in [0.15, 0.2) is 65.9 Å². The number of aliphatic imine (C=N–C) groups is 1. The molecule has 0 bridgehead atoms. The first kappa shape index (κ1) is 21.5. The predicted molar refractivity (Wildman–Crippen MR) is 116 cm³/mol. The number of benzene rings is 1. The van der Waals surface area contributed by atoms with Crippen LogP contribution < -0.4 is 15.4 Å². The molecular formula is C22H23ClFN5O. The van der Waals surface area contributed by atoms with Gasteiger partial charge in [0.15, 0.2) is 5.96 Å². The quantitative estimate of drug-likeness (QED) is 0.317. The van der Waals surface area contributed by atoms with Gasteiger partial charge in [0.1, 0.15) is 16.7 Å². The van der Waals surface area contributed by atoms with E-state index in [1.165, 1.54) is 12.1 Å². The van der Waals surface area contributed by atoms with Crippen LogP contribution in [0.25, 0.3) is 0 Å². The molecule has 0 amide bonds. The highest BCUT2D eigenvalue weighted by Gasteiger charge is 2.02. The smallest absolute Gasteiger partial charge is 0.219 e. The second-order valence-electron chi connectivity index (χ2n) is 6.42. The molecule has 0 saturated carbocycles. The molecule has 0 spiro atoms. The zero-order valence-electron chi connectivity index (χ0n) is 16.6. The molecule has 156 valence electrons. The summed E-state index contributed by atoms with van der Waals surface area (Å²) in [6, 6.07) is 13.2.